The lowest BCUT2D eigenvalue weighted by atomic mass is 10.1. The lowest BCUT2D eigenvalue weighted by molar-refractivity contribution is -0.118. The number of hydrogen-bond donors (Lipinski definition) is 2. The molecule has 0 aliphatic rings. The fraction of sp³-hybridized carbons (Fsp3) is 0.250. The minimum absolute atomic E-state index is 0.0424. The summed E-state index contributed by atoms with van der Waals surface area (Å²) in [5.41, 5.74) is 4.20. The SMILES string of the molecule is COc1ccc2[nH]cc(CC(=O)NS(=O)(=O)Cc3ccc(C)cc3C)c2c1. The monoisotopic (exact) mass is 386 g/mol. The number of ether oxygens (including phenoxy) is 1. The van der Waals surface area contributed by atoms with Gasteiger partial charge in [0, 0.05) is 17.1 Å². The quantitative estimate of drug-likeness (QED) is 0.682. The van der Waals surface area contributed by atoms with Crippen molar-refractivity contribution in [3.8, 4) is 5.75 Å². The van der Waals surface area contributed by atoms with Crippen LogP contribution in [-0.4, -0.2) is 26.4 Å². The number of rotatable bonds is 6. The van der Waals surface area contributed by atoms with Crippen molar-refractivity contribution < 1.29 is 17.9 Å². The summed E-state index contributed by atoms with van der Waals surface area (Å²) in [5, 5.41) is 0.830. The maximum Gasteiger partial charge on any atom is 0.239 e. The van der Waals surface area contributed by atoms with Crippen LogP contribution in [0, 0.1) is 13.8 Å². The van der Waals surface area contributed by atoms with Crippen LogP contribution in [0.4, 0.5) is 0 Å². The topological polar surface area (TPSA) is 88.3 Å². The standard InChI is InChI=1S/C20H22N2O4S/c1-13-4-5-15(14(2)8-13)12-27(24,25)22-20(23)9-16-11-21-19-7-6-17(26-3)10-18(16)19/h4-8,10-11,21H,9,12H2,1-3H3,(H,22,23). The fourth-order valence-corrected chi connectivity index (χ4v) is 4.29. The minimum atomic E-state index is -3.77. The number of hydrogen-bond acceptors (Lipinski definition) is 4. The molecule has 7 heteroatoms. The van der Waals surface area contributed by atoms with Crippen molar-refractivity contribution in [3.63, 3.8) is 0 Å². The lowest BCUT2D eigenvalue weighted by Gasteiger charge is -2.09. The molecule has 1 amide bonds. The summed E-state index contributed by atoms with van der Waals surface area (Å²) in [7, 11) is -2.20. The summed E-state index contributed by atoms with van der Waals surface area (Å²) in [6.07, 6.45) is 1.67. The van der Waals surface area contributed by atoms with Crippen molar-refractivity contribution in [2.75, 3.05) is 7.11 Å². The van der Waals surface area contributed by atoms with E-state index in [1.54, 1.807) is 19.4 Å². The van der Waals surface area contributed by atoms with Gasteiger partial charge in [-0.05, 0) is 48.7 Å². The zero-order valence-corrected chi connectivity index (χ0v) is 16.3. The Morgan fingerprint density at radius 3 is 2.59 bits per heavy atom. The third-order valence-electron chi connectivity index (χ3n) is 4.44. The molecular weight excluding hydrogens is 364 g/mol. The molecule has 0 saturated carbocycles. The number of amides is 1. The average molecular weight is 386 g/mol. The Hall–Kier alpha value is -2.80. The Bertz CT molecular complexity index is 1100. The van der Waals surface area contributed by atoms with Crippen molar-refractivity contribution in [1.82, 2.24) is 9.71 Å². The van der Waals surface area contributed by atoms with E-state index >= 15 is 0 Å². The summed E-state index contributed by atoms with van der Waals surface area (Å²) < 4.78 is 32.1. The highest BCUT2D eigenvalue weighted by molar-refractivity contribution is 7.89. The molecule has 3 aromatic rings. The Balaban J connectivity index is 1.73. The maximum atomic E-state index is 12.4. The lowest BCUT2D eigenvalue weighted by Crippen LogP contribution is -2.32. The smallest absolute Gasteiger partial charge is 0.239 e. The van der Waals surface area contributed by atoms with E-state index in [9.17, 15) is 13.2 Å². The van der Waals surface area contributed by atoms with Gasteiger partial charge < -0.3 is 9.72 Å². The first-order valence-electron chi connectivity index (χ1n) is 8.51. The summed E-state index contributed by atoms with van der Waals surface area (Å²) in [6, 6.07) is 11.0. The Labute approximate surface area is 158 Å². The highest BCUT2D eigenvalue weighted by atomic mass is 32.2. The van der Waals surface area contributed by atoms with Crippen LogP contribution in [0.2, 0.25) is 0 Å². The number of aromatic amines is 1. The average Bonchev–Trinajstić information content (AvgIpc) is 2.98. The predicted molar refractivity (Wildman–Crippen MR) is 105 cm³/mol. The molecule has 0 atom stereocenters. The Morgan fingerprint density at radius 2 is 1.89 bits per heavy atom. The molecule has 0 fully saturated rings. The highest BCUT2D eigenvalue weighted by Gasteiger charge is 2.18. The highest BCUT2D eigenvalue weighted by Crippen LogP contribution is 2.24. The van der Waals surface area contributed by atoms with E-state index in [2.05, 4.69) is 9.71 Å². The zero-order valence-electron chi connectivity index (χ0n) is 15.5. The number of H-pyrrole nitrogens is 1. The number of carbonyl (C=O) groups is 1. The van der Waals surface area contributed by atoms with Crippen LogP contribution in [0.3, 0.4) is 0 Å². The third-order valence-corrected chi connectivity index (χ3v) is 5.67. The predicted octanol–water partition coefficient (Wildman–Crippen LogP) is 2.98. The number of aryl methyl sites for hydroxylation is 2. The summed E-state index contributed by atoms with van der Waals surface area (Å²) in [6.45, 7) is 3.81. The van der Waals surface area contributed by atoms with Crippen LogP contribution in [0.5, 0.6) is 5.75 Å². The number of carbonyl (C=O) groups excluding carboxylic acids is 1. The van der Waals surface area contributed by atoms with Crippen molar-refractivity contribution >= 4 is 26.8 Å². The van der Waals surface area contributed by atoms with Crippen LogP contribution >= 0.6 is 0 Å². The first-order chi connectivity index (χ1) is 12.8. The first-order valence-corrected chi connectivity index (χ1v) is 10.2. The number of sulfonamides is 1. The molecule has 0 bridgehead atoms. The van der Waals surface area contributed by atoms with Crippen molar-refractivity contribution in [3.05, 3.63) is 64.8 Å². The van der Waals surface area contributed by atoms with Gasteiger partial charge in [-0.25, -0.2) is 8.42 Å². The third kappa shape index (κ3) is 4.49. The van der Waals surface area contributed by atoms with Gasteiger partial charge in [0.05, 0.1) is 19.3 Å². The normalized spacial score (nSPS) is 11.5. The Kier molecular flexibility index (Phi) is 5.23. The minimum Gasteiger partial charge on any atom is -0.497 e. The van der Waals surface area contributed by atoms with Crippen molar-refractivity contribution in [1.29, 1.82) is 0 Å². The van der Waals surface area contributed by atoms with E-state index in [1.165, 1.54) is 0 Å². The molecule has 3 rings (SSSR count). The fourth-order valence-electron chi connectivity index (χ4n) is 3.06. The molecule has 1 aromatic heterocycles. The Morgan fingerprint density at radius 1 is 1.11 bits per heavy atom. The van der Waals surface area contributed by atoms with Gasteiger partial charge in [0.25, 0.3) is 0 Å². The van der Waals surface area contributed by atoms with Crippen molar-refractivity contribution in [2.45, 2.75) is 26.0 Å². The van der Waals surface area contributed by atoms with Crippen LogP contribution in [0.15, 0.2) is 42.6 Å². The molecule has 0 spiro atoms. The maximum absolute atomic E-state index is 12.4. The second kappa shape index (κ2) is 7.44. The number of aromatic nitrogens is 1. The van der Waals surface area contributed by atoms with Gasteiger partial charge >= 0.3 is 0 Å². The van der Waals surface area contributed by atoms with E-state index in [1.807, 2.05) is 44.2 Å². The zero-order chi connectivity index (χ0) is 19.6. The van der Waals surface area contributed by atoms with Crippen molar-refractivity contribution in [2.24, 2.45) is 0 Å². The summed E-state index contributed by atoms with van der Waals surface area (Å²) in [5.74, 6) is -0.123. The van der Waals surface area contributed by atoms with Crippen LogP contribution in [0.25, 0.3) is 10.9 Å². The molecule has 0 aliphatic heterocycles. The van der Waals surface area contributed by atoms with E-state index in [-0.39, 0.29) is 12.2 Å². The van der Waals surface area contributed by atoms with Gasteiger partial charge in [0.2, 0.25) is 15.9 Å². The number of benzene rings is 2. The van der Waals surface area contributed by atoms with E-state index < -0.39 is 15.9 Å². The molecule has 6 nitrogen and oxygen atoms in total. The second-order valence-corrected chi connectivity index (χ2v) is 8.34. The van der Waals surface area contributed by atoms with Crippen LogP contribution in [-0.2, 0) is 27.0 Å². The van der Waals surface area contributed by atoms with Gasteiger partial charge in [0.1, 0.15) is 5.75 Å². The van der Waals surface area contributed by atoms with E-state index in [0.717, 1.165) is 22.0 Å². The van der Waals surface area contributed by atoms with Gasteiger partial charge in [-0.1, -0.05) is 23.8 Å². The second-order valence-electron chi connectivity index (χ2n) is 6.62. The van der Waals surface area contributed by atoms with Gasteiger partial charge in [-0.2, -0.15) is 0 Å². The number of nitrogens with one attached hydrogen (secondary N) is 2. The molecule has 0 unspecified atom stereocenters. The van der Waals surface area contributed by atoms with Gasteiger partial charge in [-0.15, -0.1) is 0 Å². The van der Waals surface area contributed by atoms with E-state index in [0.29, 0.717) is 16.9 Å². The van der Waals surface area contributed by atoms with Crippen LogP contribution < -0.4 is 9.46 Å². The summed E-state index contributed by atoms with van der Waals surface area (Å²) in [4.78, 5) is 15.4. The van der Waals surface area contributed by atoms with Crippen LogP contribution in [0.1, 0.15) is 22.3 Å². The molecule has 2 N–H and O–H groups in total. The first kappa shape index (κ1) is 19.0. The molecule has 0 aliphatic carbocycles. The molecule has 0 radical (unpaired) electrons. The molecule has 27 heavy (non-hydrogen) atoms. The molecule has 0 saturated heterocycles. The largest absolute Gasteiger partial charge is 0.497 e. The molecule has 2 aromatic carbocycles. The van der Waals surface area contributed by atoms with Gasteiger partial charge in [-0.3, -0.25) is 9.52 Å². The number of fused-ring (bicyclic) bond motifs is 1. The molecular formula is C20H22N2O4S. The number of methoxy groups -OCH3 is 1. The van der Waals surface area contributed by atoms with E-state index in [4.69, 9.17) is 4.74 Å². The van der Waals surface area contributed by atoms with Gasteiger partial charge in [0.15, 0.2) is 0 Å². The summed E-state index contributed by atoms with van der Waals surface area (Å²) >= 11 is 0. The molecule has 142 valence electrons. The molecule has 1 heterocycles.